The molecule has 1 aliphatic rings. The topological polar surface area (TPSA) is 55.8 Å². The van der Waals surface area contributed by atoms with E-state index in [1.165, 1.54) is 7.11 Å². The van der Waals surface area contributed by atoms with Crippen molar-refractivity contribution in [1.29, 1.82) is 0 Å². The smallest absolute Gasteiger partial charge is 0.328 e. The van der Waals surface area contributed by atoms with Crippen molar-refractivity contribution in [3.05, 3.63) is 125 Å². The summed E-state index contributed by atoms with van der Waals surface area (Å²) in [4.78, 5) is 29.0. The normalized spacial score (nSPS) is 14.7. The minimum atomic E-state index is -0.723. The summed E-state index contributed by atoms with van der Waals surface area (Å²) in [6, 6.07) is 32.7. The monoisotopic (exact) mass is 491 g/mol. The molecule has 5 heteroatoms. The first kappa shape index (κ1) is 24.3. The Morgan fingerprint density at radius 1 is 0.784 bits per heavy atom. The number of hydrogen-bond donors (Lipinski definition) is 0. The van der Waals surface area contributed by atoms with Crippen LogP contribution in [0.5, 0.6) is 5.75 Å². The lowest BCUT2D eigenvalue weighted by Gasteiger charge is -2.38. The van der Waals surface area contributed by atoms with E-state index in [1.807, 2.05) is 97.1 Å². The molecule has 0 aromatic heterocycles. The van der Waals surface area contributed by atoms with Crippen LogP contribution in [0.4, 0.5) is 0 Å². The first-order valence-electron chi connectivity index (χ1n) is 12.3. The quantitative estimate of drug-likeness (QED) is 0.329. The predicted octanol–water partition coefficient (Wildman–Crippen LogP) is 5.62. The first-order chi connectivity index (χ1) is 18.1. The Kier molecular flexibility index (Phi) is 7.04. The maximum absolute atomic E-state index is 14.3. The minimum Gasteiger partial charge on any atom is -0.497 e. The number of rotatable bonds is 6. The van der Waals surface area contributed by atoms with Gasteiger partial charge >= 0.3 is 5.97 Å². The van der Waals surface area contributed by atoms with Gasteiger partial charge in [-0.2, -0.15) is 0 Å². The average Bonchev–Trinajstić information content (AvgIpc) is 2.97. The summed E-state index contributed by atoms with van der Waals surface area (Å²) in [6.07, 6.45) is 0.381. The van der Waals surface area contributed by atoms with Crippen LogP contribution in [0.2, 0.25) is 0 Å². The van der Waals surface area contributed by atoms with Gasteiger partial charge in [0, 0.05) is 13.0 Å². The molecular formula is C32H29NO4. The molecule has 0 saturated carbocycles. The van der Waals surface area contributed by atoms with Crippen molar-refractivity contribution >= 4 is 11.9 Å². The number of benzene rings is 4. The zero-order valence-corrected chi connectivity index (χ0v) is 21.0. The second kappa shape index (κ2) is 10.7. The van der Waals surface area contributed by atoms with Crippen molar-refractivity contribution in [3.8, 4) is 16.9 Å². The highest BCUT2D eigenvalue weighted by Crippen LogP contribution is 2.36. The van der Waals surface area contributed by atoms with Gasteiger partial charge in [-0.3, -0.25) is 4.79 Å². The maximum atomic E-state index is 14.3. The SMILES string of the molecule is COC(=O)C1Cc2c(cccc2-c2ccc(OC)cc2)CN1C(=O)C(c1ccccc1)c1ccccc1. The highest BCUT2D eigenvalue weighted by Gasteiger charge is 2.39. The van der Waals surface area contributed by atoms with Crippen LogP contribution in [-0.2, 0) is 27.3 Å². The molecule has 0 fully saturated rings. The van der Waals surface area contributed by atoms with Crippen molar-refractivity contribution in [2.24, 2.45) is 0 Å². The van der Waals surface area contributed by atoms with Crippen molar-refractivity contribution in [2.75, 3.05) is 14.2 Å². The van der Waals surface area contributed by atoms with E-state index in [-0.39, 0.29) is 5.91 Å². The molecule has 1 unspecified atom stereocenters. The predicted molar refractivity (Wildman–Crippen MR) is 143 cm³/mol. The van der Waals surface area contributed by atoms with Crippen LogP contribution < -0.4 is 4.74 Å². The first-order valence-corrected chi connectivity index (χ1v) is 12.3. The molecule has 1 atom stereocenters. The molecule has 0 N–H and O–H groups in total. The number of esters is 1. The molecule has 1 aliphatic heterocycles. The van der Waals surface area contributed by atoms with E-state index in [4.69, 9.17) is 9.47 Å². The van der Waals surface area contributed by atoms with E-state index in [0.717, 1.165) is 39.1 Å². The molecule has 37 heavy (non-hydrogen) atoms. The molecule has 4 aromatic rings. The van der Waals surface area contributed by atoms with Gasteiger partial charge in [0.1, 0.15) is 11.8 Å². The second-order valence-corrected chi connectivity index (χ2v) is 9.14. The van der Waals surface area contributed by atoms with Gasteiger partial charge in [-0.1, -0.05) is 91.0 Å². The van der Waals surface area contributed by atoms with E-state index in [2.05, 4.69) is 6.07 Å². The summed E-state index contributed by atoms with van der Waals surface area (Å²) in [7, 11) is 3.02. The fraction of sp³-hybridized carbons (Fsp3) is 0.188. The Bertz CT molecular complexity index is 1340. The lowest BCUT2D eigenvalue weighted by atomic mass is 9.84. The van der Waals surface area contributed by atoms with Crippen LogP contribution >= 0.6 is 0 Å². The number of amides is 1. The minimum absolute atomic E-state index is 0.117. The number of nitrogens with zero attached hydrogens (tertiary/aromatic N) is 1. The van der Waals surface area contributed by atoms with Crippen LogP contribution in [-0.4, -0.2) is 37.0 Å². The lowest BCUT2D eigenvalue weighted by molar-refractivity contribution is -0.154. The highest BCUT2D eigenvalue weighted by molar-refractivity contribution is 5.92. The molecule has 4 aromatic carbocycles. The maximum Gasteiger partial charge on any atom is 0.328 e. The number of carbonyl (C=O) groups excluding carboxylic acids is 2. The third-order valence-electron chi connectivity index (χ3n) is 7.06. The van der Waals surface area contributed by atoms with Gasteiger partial charge in [-0.25, -0.2) is 4.79 Å². The number of fused-ring (bicyclic) bond motifs is 1. The summed E-state index contributed by atoms with van der Waals surface area (Å²) in [5.41, 5.74) is 5.95. The summed E-state index contributed by atoms with van der Waals surface area (Å²) < 4.78 is 10.5. The van der Waals surface area contributed by atoms with Gasteiger partial charge in [0.2, 0.25) is 5.91 Å². The van der Waals surface area contributed by atoms with Gasteiger partial charge in [-0.05, 0) is 45.5 Å². The standard InChI is InChI=1S/C32H29NO4/c1-36-26-18-16-22(17-19-26)27-15-9-14-25-21-33(29(20-28(25)27)32(35)37-2)31(34)30(23-10-5-3-6-11-23)24-12-7-4-8-13-24/h3-19,29-30H,20-21H2,1-2H3. The Balaban J connectivity index is 1.57. The van der Waals surface area contributed by atoms with Gasteiger partial charge in [0.15, 0.2) is 0 Å². The van der Waals surface area contributed by atoms with Crippen molar-refractivity contribution in [3.63, 3.8) is 0 Å². The third kappa shape index (κ3) is 4.85. The summed E-state index contributed by atoms with van der Waals surface area (Å²) in [6.45, 7) is 0.327. The van der Waals surface area contributed by atoms with E-state index in [0.29, 0.717) is 13.0 Å². The van der Waals surface area contributed by atoms with Crippen LogP contribution in [0.1, 0.15) is 28.2 Å². The molecule has 1 heterocycles. The average molecular weight is 492 g/mol. The molecule has 0 bridgehead atoms. The van der Waals surface area contributed by atoms with E-state index in [9.17, 15) is 9.59 Å². The second-order valence-electron chi connectivity index (χ2n) is 9.14. The molecule has 0 aliphatic carbocycles. The Labute approximate surface area is 217 Å². The van der Waals surface area contributed by atoms with Crippen LogP contribution in [0.15, 0.2) is 103 Å². The van der Waals surface area contributed by atoms with E-state index < -0.39 is 17.9 Å². The van der Waals surface area contributed by atoms with Crippen LogP contribution in [0.25, 0.3) is 11.1 Å². The van der Waals surface area contributed by atoms with Crippen molar-refractivity contribution in [2.45, 2.75) is 24.9 Å². The van der Waals surface area contributed by atoms with Gasteiger partial charge in [-0.15, -0.1) is 0 Å². The van der Waals surface area contributed by atoms with Gasteiger partial charge in [0.25, 0.3) is 0 Å². The Hall–Kier alpha value is -4.38. The van der Waals surface area contributed by atoms with Crippen LogP contribution in [0, 0.1) is 0 Å². The Morgan fingerprint density at radius 2 is 1.41 bits per heavy atom. The Morgan fingerprint density at radius 3 is 1.97 bits per heavy atom. The highest BCUT2D eigenvalue weighted by atomic mass is 16.5. The third-order valence-corrected chi connectivity index (χ3v) is 7.06. The van der Waals surface area contributed by atoms with E-state index in [1.54, 1.807) is 12.0 Å². The van der Waals surface area contributed by atoms with Crippen LogP contribution in [0.3, 0.4) is 0 Å². The zero-order valence-electron chi connectivity index (χ0n) is 21.0. The fourth-order valence-corrected chi connectivity index (χ4v) is 5.17. The number of methoxy groups -OCH3 is 2. The van der Waals surface area contributed by atoms with Crippen molar-refractivity contribution < 1.29 is 19.1 Å². The molecule has 5 nitrogen and oxygen atoms in total. The summed E-state index contributed by atoms with van der Waals surface area (Å²) in [5.74, 6) is -0.275. The molecule has 1 amide bonds. The zero-order chi connectivity index (χ0) is 25.8. The molecule has 0 spiro atoms. The number of carbonyl (C=O) groups is 2. The molecular weight excluding hydrogens is 462 g/mol. The summed E-state index contributed by atoms with van der Waals surface area (Å²) >= 11 is 0. The van der Waals surface area contributed by atoms with E-state index >= 15 is 0 Å². The van der Waals surface area contributed by atoms with Gasteiger partial charge in [0.05, 0.1) is 20.1 Å². The van der Waals surface area contributed by atoms with Gasteiger partial charge < -0.3 is 14.4 Å². The largest absolute Gasteiger partial charge is 0.497 e. The lowest BCUT2D eigenvalue weighted by Crippen LogP contribution is -2.50. The molecule has 0 saturated heterocycles. The fourth-order valence-electron chi connectivity index (χ4n) is 5.17. The number of hydrogen-bond acceptors (Lipinski definition) is 4. The molecule has 186 valence electrons. The molecule has 0 radical (unpaired) electrons. The molecule has 5 rings (SSSR count). The van der Waals surface area contributed by atoms with Crippen molar-refractivity contribution in [1.82, 2.24) is 4.90 Å². The summed E-state index contributed by atoms with van der Waals surface area (Å²) in [5, 5.41) is 0. The number of ether oxygens (including phenoxy) is 2.